The van der Waals surface area contributed by atoms with Crippen molar-refractivity contribution in [2.24, 2.45) is 0 Å². The van der Waals surface area contributed by atoms with Crippen molar-refractivity contribution >= 4 is 5.82 Å². The molecule has 0 aliphatic heterocycles. The number of pyridine rings is 1. The van der Waals surface area contributed by atoms with Gasteiger partial charge in [0.2, 0.25) is 0 Å². The number of nitrogens with one attached hydrogen (secondary N) is 1. The van der Waals surface area contributed by atoms with Gasteiger partial charge in [-0.3, -0.25) is 0 Å². The summed E-state index contributed by atoms with van der Waals surface area (Å²) < 4.78 is 14.0. The van der Waals surface area contributed by atoms with Gasteiger partial charge < -0.3 is 5.32 Å². The van der Waals surface area contributed by atoms with Crippen molar-refractivity contribution in [3.63, 3.8) is 0 Å². The Hall–Kier alpha value is -1.90. The zero-order valence-electron chi connectivity index (χ0n) is 11.6. The van der Waals surface area contributed by atoms with Gasteiger partial charge in [0, 0.05) is 12.7 Å². The minimum absolute atomic E-state index is 0.146. The standard InChI is InChI=1S/C16H19FN2/c1-16(2,3)13-8-7-12(10-14(13)17)11-19-15-6-4-5-9-18-15/h4-10H,11H2,1-3H3,(H,18,19). The molecular formula is C16H19FN2. The lowest BCUT2D eigenvalue weighted by atomic mass is 9.86. The Kier molecular flexibility index (Phi) is 3.84. The molecule has 0 saturated carbocycles. The summed E-state index contributed by atoms with van der Waals surface area (Å²) in [5.74, 6) is 0.649. The number of nitrogens with zero attached hydrogens (tertiary/aromatic N) is 1. The molecule has 1 N–H and O–H groups in total. The Morgan fingerprint density at radius 1 is 1.16 bits per heavy atom. The second-order valence-electron chi connectivity index (χ2n) is 5.63. The van der Waals surface area contributed by atoms with Crippen LogP contribution in [0.1, 0.15) is 31.9 Å². The van der Waals surface area contributed by atoms with Crippen molar-refractivity contribution in [1.82, 2.24) is 4.98 Å². The molecule has 0 aliphatic carbocycles. The van der Waals surface area contributed by atoms with Crippen LogP contribution in [0.2, 0.25) is 0 Å². The van der Waals surface area contributed by atoms with Crippen molar-refractivity contribution in [2.45, 2.75) is 32.7 Å². The van der Waals surface area contributed by atoms with Gasteiger partial charge in [-0.25, -0.2) is 9.37 Å². The van der Waals surface area contributed by atoms with Gasteiger partial charge in [0.25, 0.3) is 0 Å². The number of halogens is 1. The molecule has 2 rings (SSSR count). The first-order valence-electron chi connectivity index (χ1n) is 6.40. The predicted molar refractivity (Wildman–Crippen MR) is 76.7 cm³/mol. The topological polar surface area (TPSA) is 24.9 Å². The molecule has 1 aromatic heterocycles. The Balaban J connectivity index is 2.09. The molecule has 0 spiro atoms. The van der Waals surface area contributed by atoms with Crippen LogP contribution in [0.25, 0.3) is 0 Å². The first-order valence-corrected chi connectivity index (χ1v) is 6.40. The molecule has 0 amide bonds. The lowest BCUT2D eigenvalue weighted by Crippen LogP contribution is -2.14. The first kappa shape index (κ1) is 13.5. The Labute approximate surface area is 113 Å². The van der Waals surface area contributed by atoms with Gasteiger partial charge in [-0.2, -0.15) is 0 Å². The largest absolute Gasteiger partial charge is 0.366 e. The predicted octanol–water partition coefficient (Wildman–Crippen LogP) is 4.13. The molecule has 0 atom stereocenters. The van der Waals surface area contributed by atoms with E-state index in [0.717, 1.165) is 16.9 Å². The third kappa shape index (κ3) is 3.53. The molecule has 1 aromatic carbocycles. The number of benzene rings is 1. The third-order valence-corrected chi connectivity index (χ3v) is 2.98. The fourth-order valence-electron chi connectivity index (χ4n) is 1.94. The number of rotatable bonds is 3. The molecule has 100 valence electrons. The van der Waals surface area contributed by atoms with E-state index in [0.29, 0.717) is 6.54 Å². The molecule has 3 heteroatoms. The fraction of sp³-hybridized carbons (Fsp3) is 0.312. The summed E-state index contributed by atoms with van der Waals surface area (Å²) in [6.45, 7) is 6.60. The number of anilines is 1. The zero-order valence-corrected chi connectivity index (χ0v) is 11.6. The molecule has 2 aromatic rings. The van der Waals surface area contributed by atoms with Gasteiger partial charge in [-0.15, -0.1) is 0 Å². The van der Waals surface area contributed by atoms with Crippen LogP contribution in [0.15, 0.2) is 42.6 Å². The van der Waals surface area contributed by atoms with E-state index in [-0.39, 0.29) is 11.2 Å². The van der Waals surface area contributed by atoms with Crippen LogP contribution in [0.3, 0.4) is 0 Å². The Morgan fingerprint density at radius 3 is 2.53 bits per heavy atom. The summed E-state index contributed by atoms with van der Waals surface area (Å²) in [6, 6.07) is 11.1. The molecule has 0 aliphatic rings. The van der Waals surface area contributed by atoms with Gasteiger partial charge in [0.05, 0.1) is 0 Å². The zero-order chi connectivity index (χ0) is 13.9. The minimum Gasteiger partial charge on any atom is -0.366 e. The summed E-state index contributed by atoms with van der Waals surface area (Å²) in [6.07, 6.45) is 1.73. The number of aromatic nitrogens is 1. The van der Waals surface area contributed by atoms with E-state index in [4.69, 9.17) is 0 Å². The molecule has 0 unspecified atom stereocenters. The van der Waals surface area contributed by atoms with E-state index in [2.05, 4.69) is 10.3 Å². The normalized spacial score (nSPS) is 11.4. The number of hydrogen-bond acceptors (Lipinski definition) is 2. The quantitative estimate of drug-likeness (QED) is 0.895. The lowest BCUT2D eigenvalue weighted by molar-refractivity contribution is 0.522. The SMILES string of the molecule is CC(C)(C)c1ccc(CNc2ccccn2)cc1F. The Morgan fingerprint density at radius 2 is 1.95 bits per heavy atom. The second-order valence-corrected chi connectivity index (χ2v) is 5.63. The molecule has 0 radical (unpaired) electrons. The van der Waals surface area contributed by atoms with Crippen LogP contribution >= 0.6 is 0 Å². The maximum absolute atomic E-state index is 14.0. The highest BCUT2D eigenvalue weighted by molar-refractivity contribution is 5.36. The minimum atomic E-state index is -0.170. The van der Waals surface area contributed by atoms with E-state index in [1.807, 2.05) is 51.1 Å². The van der Waals surface area contributed by atoms with Crippen molar-refractivity contribution in [1.29, 1.82) is 0 Å². The van der Waals surface area contributed by atoms with Gasteiger partial charge >= 0.3 is 0 Å². The van der Waals surface area contributed by atoms with Crippen LogP contribution < -0.4 is 5.32 Å². The van der Waals surface area contributed by atoms with Crippen LogP contribution in [0, 0.1) is 5.82 Å². The summed E-state index contributed by atoms with van der Waals surface area (Å²) in [7, 11) is 0. The molecule has 2 nitrogen and oxygen atoms in total. The van der Waals surface area contributed by atoms with E-state index in [9.17, 15) is 4.39 Å². The average Bonchev–Trinajstić information content (AvgIpc) is 2.36. The van der Waals surface area contributed by atoms with Crippen molar-refractivity contribution in [2.75, 3.05) is 5.32 Å². The first-order chi connectivity index (χ1) is 8.97. The number of hydrogen-bond donors (Lipinski definition) is 1. The molecular weight excluding hydrogens is 239 g/mol. The third-order valence-electron chi connectivity index (χ3n) is 2.98. The fourth-order valence-corrected chi connectivity index (χ4v) is 1.94. The summed E-state index contributed by atoms with van der Waals surface area (Å²) in [5.41, 5.74) is 1.49. The van der Waals surface area contributed by atoms with Crippen molar-refractivity contribution in [3.8, 4) is 0 Å². The van der Waals surface area contributed by atoms with E-state index in [1.165, 1.54) is 0 Å². The van der Waals surface area contributed by atoms with Crippen molar-refractivity contribution < 1.29 is 4.39 Å². The monoisotopic (exact) mass is 258 g/mol. The Bertz CT molecular complexity index is 544. The van der Waals surface area contributed by atoms with Gasteiger partial charge in [0.15, 0.2) is 0 Å². The van der Waals surface area contributed by atoms with Gasteiger partial charge in [-0.05, 0) is 34.7 Å². The highest BCUT2D eigenvalue weighted by Gasteiger charge is 2.18. The summed E-state index contributed by atoms with van der Waals surface area (Å²) in [4.78, 5) is 4.17. The van der Waals surface area contributed by atoms with Crippen LogP contribution in [0.4, 0.5) is 10.2 Å². The maximum Gasteiger partial charge on any atom is 0.127 e. The van der Waals surface area contributed by atoms with E-state index < -0.39 is 0 Å². The van der Waals surface area contributed by atoms with E-state index in [1.54, 1.807) is 12.3 Å². The van der Waals surface area contributed by atoms with Gasteiger partial charge in [-0.1, -0.05) is 39.0 Å². The lowest BCUT2D eigenvalue weighted by Gasteiger charge is -2.20. The summed E-state index contributed by atoms with van der Waals surface area (Å²) in [5, 5.41) is 3.17. The van der Waals surface area contributed by atoms with Crippen LogP contribution in [0.5, 0.6) is 0 Å². The highest BCUT2D eigenvalue weighted by Crippen LogP contribution is 2.25. The molecule has 0 saturated heterocycles. The highest BCUT2D eigenvalue weighted by atomic mass is 19.1. The smallest absolute Gasteiger partial charge is 0.127 e. The molecule has 0 bridgehead atoms. The van der Waals surface area contributed by atoms with Crippen LogP contribution in [-0.2, 0) is 12.0 Å². The van der Waals surface area contributed by atoms with Crippen molar-refractivity contribution in [3.05, 3.63) is 59.5 Å². The van der Waals surface area contributed by atoms with E-state index >= 15 is 0 Å². The molecule has 0 fully saturated rings. The second kappa shape index (κ2) is 5.39. The molecule has 19 heavy (non-hydrogen) atoms. The molecule has 1 heterocycles. The summed E-state index contributed by atoms with van der Waals surface area (Å²) >= 11 is 0. The average molecular weight is 258 g/mol. The maximum atomic E-state index is 14.0. The van der Waals surface area contributed by atoms with Crippen LogP contribution in [-0.4, -0.2) is 4.98 Å². The van der Waals surface area contributed by atoms with Gasteiger partial charge in [0.1, 0.15) is 11.6 Å².